The average molecular weight is 478 g/mol. The summed E-state index contributed by atoms with van der Waals surface area (Å²) in [6, 6.07) is 0.351. The first kappa shape index (κ1) is 21.6. The van der Waals surface area contributed by atoms with Crippen molar-refractivity contribution in [2.45, 2.75) is 70.9 Å². The summed E-state index contributed by atoms with van der Waals surface area (Å²) < 4.78 is 5.55. The number of carbonyl (C=O) groups excluding carboxylic acids is 1. The Morgan fingerprint density at radius 2 is 2.00 bits per heavy atom. The molecule has 26 heavy (non-hydrogen) atoms. The van der Waals surface area contributed by atoms with Crippen LogP contribution in [0.25, 0.3) is 0 Å². The number of nitrogens with one attached hydrogen (secondary N) is 1. The molecule has 0 unspecified atom stereocenters. The molecule has 1 saturated heterocycles. The molecule has 6 nitrogen and oxygen atoms in total. The van der Waals surface area contributed by atoms with Gasteiger partial charge in [0.25, 0.3) is 0 Å². The lowest BCUT2D eigenvalue weighted by atomic mass is 9.68. The molecule has 1 spiro atoms. The van der Waals surface area contributed by atoms with Crippen molar-refractivity contribution in [1.29, 1.82) is 0 Å². The van der Waals surface area contributed by atoms with E-state index in [4.69, 9.17) is 4.74 Å². The topological polar surface area (TPSA) is 57.2 Å². The molecule has 3 rings (SSSR count). The van der Waals surface area contributed by atoms with Crippen LogP contribution < -0.4 is 5.32 Å². The minimum atomic E-state index is -0.444. The second-order valence-corrected chi connectivity index (χ2v) is 8.90. The Kier molecular flexibility index (Phi) is 7.07. The van der Waals surface area contributed by atoms with Crippen LogP contribution in [-0.2, 0) is 4.74 Å². The largest absolute Gasteiger partial charge is 0.444 e. The summed E-state index contributed by atoms with van der Waals surface area (Å²) >= 11 is 0. The van der Waals surface area contributed by atoms with Crippen molar-refractivity contribution in [2.75, 3.05) is 33.2 Å². The predicted molar refractivity (Wildman–Crippen MR) is 115 cm³/mol. The highest BCUT2D eigenvalue weighted by Crippen LogP contribution is 2.47. The zero-order chi connectivity index (χ0) is 18.1. The Morgan fingerprint density at radius 1 is 1.31 bits per heavy atom. The first-order chi connectivity index (χ1) is 11.8. The van der Waals surface area contributed by atoms with Crippen molar-refractivity contribution < 1.29 is 9.53 Å². The molecule has 3 aliphatic rings. The van der Waals surface area contributed by atoms with Crippen molar-refractivity contribution in [3.63, 3.8) is 0 Å². The van der Waals surface area contributed by atoms with Gasteiger partial charge in [-0.1, -0.05) is 6.42 Å². The van der Waals surface area contributed by atoms with Crippen molar-refractivity contribution in [2.24, 2.45) is 10.4 Å². The zero-order valence-electron chi connectivity index (χ0n) is 16.7. The highest BCUT2D eigenvalue weighted by Gasteiger charge is 2.43. The van der Waals surface area contributed by atoms with Gasteiger partial charge in [-0.25, -0.2) is 4.79 Å². The number of guanidine groups is 1. The molecule has 150 valence electrons. The number of nitrogens with zero attached hydrogens (tertiary/aromatic N) is 3. The van der Waals surface area contributed by atoms with Crippen LogP contribution in [0, 0.1) is 5.41 Å². The lowest BCUT2D eigenvalue weighted by molar-refractivity contribution is 0.0237. The predicted octanol–water partition coefficient (Wildman–Crippen LogP) is 3.46. The Bertz CT molecular complexity index is 524. The van der Waals surface area contributed by atoms with Crippen LogP contribution in [-0.4, -0.2) is 66.7 Å². The molecule has 1 amide bonds. The monoisotopic (exact) mass is 478 g/mol. The minimum absolute atomic E-state index is 0. The zero-order valence-corrected chi connectivity index (χ0v) is 19.0. The van der Waals surface area contributed by atoms with Crippen LogP contribution in [0.15, 0.2) is 4.99 Å². The standard InChI is InChI=1S/C19H34N4O2.HI/c1-18(2,3)25-17(24)23(15-6-7-15)13-11-21-16(20-4)22-12-10-19(14-22)8-5-9-19;/h15H,5-14H2,1-4H3,(H,20,21);1H. The summed E-state index contributed by atoms with van der Waals surface area (Å²) in [5.74, 6) is 0.976. The van der Waals surface area contributed by atoms with Gasteiger partial charge in [-0.2, -0.15) is 0 Å². The van der Waals surface area contributed by atoms with E-state index in [2.05, 4.69) is 15.2 Å². The summed E-state index contributed by atoms with van der Waals surface area (Å²) in [7, 11) is 1.85. The Hall–Kier alpha value is -0.730. The van der Waals surface area contributed by atoms with Gasteiger partial charge in [-0.3, -0.25) is 4.99 Å². The fourth-order valence-electron chi connectivity index (χ4n) is 3.95. The summed E-state index contributed by atoms with van der Waals surface area (Å²) in [5, 5.41) is 3.45. The Labute approximate surface area is 175 Å². The van der Waals surface area contributed by atoms with Crippen molar-refractivity contribution >= 4 is 36.0 Å². The summed E-state index contributed by atoms with van der Waals surface area (Å²) in [4.78, 5) is 21.1. The number of hydrogen-bond donors (Lipinski definition) is 1. The van der Waals surface area contributed by atoms with Crippen molar-refractivity contribution in [3.05, 3.63) is 0 Å². The number of hydrogen-bond acceptors (Lipinski definition) is 3. The number of carbonyl (C=O) groups is 1. The van der Waals surface area contributed by atoms with Crippen molar-refractivity contribution in [3.8, 4) is 0 Å². The van der Waals surface area contributed by atoms with Crippen LogP contribution in [0.4, 0.5) is 4.79 Å². The summed E-state index contributed by atoms with van der Waals surface area (Å²) in [5.41, 5.74) is 0.120. The third kappa shape index (κ3) is 5.39. The Morgan fingerprint density at radius 3 is 2.46 bits per heavy atom. The molecular formula is C19H35IN4O2. The molecular weight excluding hydrogens is 443 g/mol. The number of likely N-dealkylation sites (tertiary alicyclic amines) is 1. The van der Waals surface area contributed by atoms with Gasteiger partial charge in [0, 0.05) is 39.3 Å². The second-order valence-electron chi connectivity index (χ2n) is 8.90. The van der Waals surface area contributed by atoms with Crippen LogP contribution in [0.1, 0.15) is 59.3 Å². The highest BCUT2D eigenvalue weighted by atomic mass is 127. The first-order valence-electron chi connectivity index (χ1n) is 9.77. The van der Waals surface area contributed by atoms with Gasteiger partial charge < -0.3 is 19.9 Å². The van der Waals surface area contributed by atoms with E-state index < -0.39 is 5.60 Å². The third-order valence-electron chi connectivity index (χ3n) is 5.62. The SMILES string of the molecule is CN=C(NCCN(C(=O)OC(C)(C)C)C1CC1)N1CCC2(CCC2)C1.I. The summed E-state index contributed by atoms with van der Waals surface area (Å²) in [6.07, 6.45) is 7.39. The van der Waals surface area contributed by atoms with E-state index in [1.165, 1.54) is 25.7 Å². The molecule has 2 aliphatic carbocycles. The molecule has 1 heterocycles. The van der Waals surface area contributed by atoms with Crippen LogP contribution >= 0.6 is 24.0 Å². The van der Waals surface area contributed by atoms with Gasteiger partial charge in [0.05, 0.1) is 0 Å². The van der Waals surface area contributed by atoms with Gasteiger partial charge in [0.1, 0.15) is 5.60 Å². The molecule has 3 fully saturated rings. The molecule has 0 aromatic rings. The van der Waals surface area contributed by atoms with Gasteiger partial charge >= 0.3 is 6.09 Å². The molecule has 0 atom stereocenters. The molecule has 0 aromatic carbocycles. The first-order valence-corrected chi connectivity index (χ1v) is 9.77. The molecule has 7 heteroatoms. The molecule has 0 aromatic heterocycles. The number of aliphatic imine (C=N–C) groups is 1. The maximum Gasteiger partial charge on any atom is 0.410 e. The lowest BCUT2D eigenvalue weighted by Crippen LogP contribution is -2.46. The van der Waals surface area contributed by atoms with E-state index in [1.807, 2.05) is 32.7 Å². The van der Waals surface area contributed by atoms with E-state index in [0.29, 0.717) is 24.5 Å². The molecule has 2 saturated carbocycles. The quantitative estimate of drug-likeness (QED) is 0.382. The average Bonchev–Trinajstić information content (AvgIpc) is 3.21. The second kappa shape index (κ2) is 8.52. The number of rotatable bonds is 4. The van der Waals surface area contributed by atoms with Gasteiger partial charge in [-0.05, 0) is 58.3 Å². The van der Waals surface area contributed by atoms with E-state index in [-0.39, 0.29) is 30.1 Å². The van der Waals surface area contributed by atoms with E-state index >= 15 is 0 Å². The van der Waals surface area contributed by atoms with E-state index in [0.717, 1.165) is 31.9 Å². The smallest absolute Gasteiger partial charge is 0.410 e. The van der Waals surface area contributed by atoms with Gasteiger partial charge in [-0.15, -0.1) is 24.0 Å². The Balaban J connectivity index is 0.00000243. The highest BCUT2D eigenvalue weighted by molar-refractivity contribution is 14.0. The molecule has 1 N–H and O–H groups in total. The molecule has 0 radical (unpaired) electrons. The fraction of sp³-hybridized carbons (Fsp3) is 0.895. The number of amides is 1. The van der Waals surface area contributed by atoms with Crippen molar-refractivity contribution in [1.82, 2.24) is 15.1 Å². The maximum absolute atomic E-state index is 12.4. The normalized spacial score (nSPS) is 21.8. The molecule has 1 aliphatic heterocycles. The number of halogens is 1. The minimum Gasteiger partial charge on any atom is -0.444 e. The number of ether oxygens (including phenoxy) is 1. The summed E-state index contributed by atoms with van der Waals surface area (Å²) in [6.45, 7) is 9.35. The van der Waals surface area contributed by atoms with Crippen LogP contribution in [0.3, 0.4) is 0 Å². The lowest BCUT2D eigenvalue weighted by Gasteiger charge is -2.38. The molecule has 0 bridgehead atoms. The van der Waals surface area contributed by atoms with Gasteiger partial charge in [0.2, 0.25) is 0 Å². The fourth-order valence-corrected chi connectivity index (χ4v) is 3.95. The maximum atomic E-state index is 12.4. The van der Waals surface area contributed by atoms with E-state index in [9.17, 15) is 4.79 Å². The third-order valence-corrected chi connectivity index (χ3v) is 5.62. The van der Waals surface area contributed by atoms with Gasteiger partial charge in [0.15, 0.2) is 5.96 Å². The van der Waals surface area contributed by atoms with E-state index in [1.54, 1.807) is 0 Å². The van der Waals surface area contributed by atoms with Crippen LogP contribution in [0.2, 0.25) is 0 Å². The van der Waals surface area contributed by atoms with Crippen LogP contribution in [0.5, 0.6) is 0 Å².